The van der Waals surface area contributed by atoms with Crippen LogP contribution in [0, 0.1) is 18.4 Å². The van der Waals surface area contributed by atoms with Crippen molar-refractivity contribution < 1.29 is 14.9 Å². The number of aliphatic hydroxyl groups is 2. The van der Waals surface area contributed by atoms with Gasteiger partial charge < -0.3 is 19.8 Å². The molecule has 0 amide bonds. The van der Waals surface area contributed by atoms with E-state index in [1.165, 1.54) is 0 Å². The molecule has 2 aromatic heterocycles. The molecule has 0 radical (unpaired) electrons. The van der Waals surface area contributed by atoms with Gasteiger partial charge in [0.1, 0.15) is 20.0 Å². The summed E-state index contributed by atoms with van der Waals surface area (Å²) < 4.78 is 7.73. The van der Waals surface area contributed by atoms with Crippen molar-refractivity contribution in [1.29, 1.82) is 0 Å². The van der Waals surface area contributed by atoms with Crippen molar-refractivity contribution in [1.82, 2.24) is 19.6 Å². The Hall–Kier alpha value is -2.77. The van der Waals surface area contributed by atoms with Gasteiger partial charge in [-0.1, -0.05) is 43.8 Å². The Morgan fingerprint density at radius 1 is 1.25 bits per heavy atom. The first kappa shape index (κ1) is 22.4. The lowest BCUT2D eigenvalue weighted by Crippen LogP contribution is -2.39. The zero-order valence-electron chi connectivity index (χ0n) is 19.1. The van der Waals surface area contributed by atoms with E-state index in [0.29, 0.717) is 17.4 Å². The van der Waals surface area contributed by atoms with Gasteiger partial charge >= 0.3 is 0 Å². The molecule has 2 N–H and O–H groups in total. The lowest BCUT2D eigenvalue weighted by Gasteiger charge is -2.21. The summed E-state index contributed by atoms with van der Waals surface area (Å²) in [6.45, 7) is 7.85. The third-order valence-electron chi connectivity index (χ3n) is 5.46. The summed E-state index contributed by atoms with van der Waals surface area (Å²) in [5.41, 5.74) is 4.12. The zero-order valence-corrected chi connectivity index (χ0v) is 20.1. The highest BCUT2D eigenvalue weighted by Crippen LogP contribution is 2.41. The summed E-state index contributed by atoms with van der Waals surface area (Å²) in [6, 6.07) is 9.89. The second kappa shape index (κ2) is 8.29. The van der Waals surface area contributed by atoms with Gasteiger partial charge in [-0.15, -0.1) is 5.54 Å². The third-order valence-corrected chi connectivity index (χ3v) is 6.33. The Labute approximate surface area is 188 Å². The average Bonchev–Trinajstić information content (AvgIpc) is 3.32. The van der Waals surface area contributed by atoms with Crippen molar-refractivity contribution in [2.45, 2.75) is 50.8 Å². The van der Waals surface area contributed by atoms with Crippen LogP contribution in [-0.4, -0.2) is 63.2 Å². The molecule has 4 rings (SSSR count). The van der Waals surface area contributed by atoms with Crippen LogP contribution >= 0.6 is 0 Å². The second-order valence-corrected chi connectivity index (χ2v) is 14.0. The van der Waals surface area contributed by atoms with E-state index in [-0.39, 0.29) is 13.0 Å². The molecule has 0 unspecified atom stereocenters. The molecule has 1 saturated heterocycles. The Kier molecular flexibility index (Phi) is 5.81. The van der Waals surface area contributed by atoms with E-state index < -0.39 is 25.9 Å². The van der Waals surface area contributed by atoms with Crippen LogP contribution in [0.25, 0.3) is 5.65 Å². The predicted molar refractivity (Wildman–Crippen MR) is 125 cm³/mol. The van der Waals surface area contributed by atoms with Crippen molar-refractivity contribution in [3.8, 4) is 11.5 Å². The molecule has 32 heavy (non-hydrogen) atoms. The Morgan fingerprint density at radius 2 is 1.97 bits per heavy atom. The minimum Gasteiger partial charge on any atom is -0.394 e. The van der Waals surface area contributed by atoms with Gasteiger partial charge in [0.15, 0.2) is 11.2 Å². The molecule has 1 aromatic carbocycles. The molecule has 0 spiro atoms. The van der Waals surface area contributed by atoms with Crippen LogP contribution in [0.4, 0.5) is 11.6 Å². The molecule has 0 aliphatic carbocycles. The highest BCUT2D eigenvalue weighted by Gasteiger charge is 2.47. The molecule has 0 saturated carbocycles. The molecule has 8 nitrogen and oxygen atoms in total. The van der Waals surface area contributed by atoms with Crippen molar-refractivity contribution >= 4 is 25.4 Å². The van der Waals surface area contributed by atoms with Gasteiger partial charge in [0.2, 0.25) is 5.95 Å². The molecular formula is C23H29N5O3Si. The summed E-state index contributed by atoms with van der Waals surface area (Å²) in [5, 5.41) is 25.6. The van der Waals surface area contributed by atoms with Crippen LogP contribution in [0.5, 0.6) is 0 Å². The van der Waals surface area contributed by atoms with Crippen molar-refractivity contribution in [3.05, 3.63) is 47.9 Å². The number of hydrogen-bond donors (Lipinski definition) is 2. The fraction of sp³-hybridized carbons (Fsp3) is 0.435. The minimum atomic E-state index is -1.71. The monoisotopic (exact) mass is 451 g/mol. The molecule has 1 aliphatic heterocycles. The maximum absolute atomic E-state index is 11.2. The minimum absolute atomic E-state index is 0.240. The predicted octanol–water partition coefficient (Wildman–Crippen LogP) is 2.63. The maximum Gasteiger partial charge on any atom is 0.234 e. The van der Waals surface area contributed by atoms with Crippen molar-refractivity contribution in [2.75, 3.05) is 18.6 Å². The van der Waals surface area contributed by atoms with Gasteiger partial charge in [0.25, 0.3) is 0 Å². The molecule has 3 atom stereocenters. The van der Waals surface area contributed by atoms with Gasteiger partial charge in [-0.2, -0.15) is 14.6 Å². The van der Waals surface area contributed by atoms with E-state index in [1.807, 2.05) is 49.2 Å². The van der Waals surface area contributed by atoms with Crippen LogP contribution in [-0.2, 0) is 4.74 Å². The number of benzene rings is 1. The number of anilines is 2. The standard InChI is InChI=1S/C23H29N5O3Si/c1-16-25-21-18(19-13-23(30,20(15-29)31-19)11-12-32(3,4)5)14-24-28(21)22(26-16)27(2)17-9-7-6-8-10-17/h6-10,14,19-20,29-30H,13,15H2,1-5H3/t19-,20-,23+/m1/s1. The van der Waals surface area contributed by atoms with E-state index in [2.05, 4.69) is 46.2 Å². The first-order valence-corrected chi connectivity index (χ1v) is 14.2. The molecule has 1 fully saturated rings. The second-order valence-electron chi connectivity index (χ2n) is 9.23. The maximum atomic E-state index is 11.2. The van der Waals surface area contributed by atoms with Crippen LogP contribution in [0.15, 0.2) is 36.5 Å². The summed E-state index contributed by atoms with van der Waals surface area (Å²) in [5.74, 6) is 4.24. The molecule has 3 aromatic rings. The van der Waals surface area contributed by atoms with E-state index in [1.54, 1.807) is 10.7 Å². The number of aromatic nitrogens is 4. The molecule has 1 aliphatic rings. The Balaban J connectivity index is 1.73. The molecule has 168 valence electrons. The van der Waals surface area contributed by atoms with E-state index in [0.717, 1.165) is 11.3 Å². The third kappa shape index (κ3) is 4.27. The number of hydrogen-bond acceptors (Lipinski definition) is 7. The number of aliphatic hydroxyl groups excluding tert-OH is 1. The zero-order chi connectivity index (χ0) is 23.1. The Morgan fingerprint density at radius 3 is 2.62 bits per heavy atom. The summed E-state index contributed by atoms with van der Waals surface area (Å²) >= 11 is 0. The lowest BCUT2D eigenvalue weighted by molar-refractivity contribution is -0.0458. The van der Waals surface area contributed by atoms with E-state index >= 15 is 0 Å². The van der Waals surface area contributed by atoms with E-state index in [9.17, 15) is 10.2 Å². The van der Waals surface area contributed by atoms with Gasteiger partial charge in [0, 0.05) is 24.7 Å². The summed E-state index contributed by atoms with van der Waals surface area (Å²) in [6.07, 6.45) is 0.655. The number of rotatable bonds is 4. The molecule has 3 heterocycles. The van der Waals surface area contributed by atoms with Crippen LogP contribution in [0.1, 0.15) is 23.9 Å². The molecule has 9 heteroatoms. The first-order chi connectivity index (χ1) is 15.1. The number of fused-ring (bicyclic) bond motifs is 1. The smallest absolute Gasteiger partial charge is 0.234 e. The van der Waals surface area contributed by atoms with Crippen LogP contribution < -0.4 is 4.90 Å². The number of aryl methyl sites for hydroxylation is 1. The fourth-order valence-corrected chi connectivity index (χ4v) is 4.36. The highest BCUT2D eigenvalue weighted by atomic mass is 28.3. The molecular weight excluding hydrogens is 422 g/mol. The normalized spacial score (nSPS) is 23.2. The first-order valence-electron chi connectivity index (χ1n) is 10.7. The van der Waals surface area contributed by atoms with Gasteiger partial charge in [-0.3, -0.25) is 0 Å². The van der Waals surface area contributed by atoms with Gasteiger partial charge in [0.05, 0.1) is 18.9 Å². The summed E-state index contributed by atoms with van der Waals surface area (Å²) in [7, 11) is 0.220. The van der Waals surface area contributed by atoms with Gasteiger partial charge in [-0.25, -0.2) is 4.98 Å². The highest BCUT2D eigenvalue weighted by molar-refractivity contribution is 6.83. The summed E-state index contributed by atoms with van der Waals surface area (Å²) in [4.78, 5) is 11.2. The largest absolute Gasteiger partial charge is 0.394 e. The van der Waals surface area contributed by atoms with Crippen molar-refractivity contribution in [3.63, 3.8) is 0 Å². The fourth-order valence-electron chi connectivity index (χ4n) is 3.77. The van der Waals surface area contributed by atoms with Gasteiger partial charge in [-0.05, 0) is 19.1 Å². The van der Waals surface area contributed by atoms with E-state index in [4.69, 9.17) is 4.74 Å². The average molecular weight is 452 g/mol. The lowest BCUT2D eigenvalue weighted by atomic mass is 9.93. The van der Waals surface area contributed by atoms with Crippen molar-refractivity contribution in [2.24, 2.45) is 0 Å². The topological polar surface area (TPSA) is 96.0 Å². The Bertz CT molecular complexity index is 1180. The SMILES string of the molecule is Cc1nc(N(C)c2ccccc2)n2ncc([C@H]3C[C@@](O)(C#C[Si](C)(C)C)[C@@H](CO)O3)c2n1. The number of ether oxygens (including phenoxy) is 1. The van der Waals surface area contributed by atoms with Crippen LogP contribution in [0.2, 0.25) is 19.6 Å². The number of para-hydroxylation sites is 1. The quantitative estimate of drug-likeness (QED) is 0.465. The molecule has 0 bridgehead atoms. The van der Waals surface area contributed by atoms with Crippen LogP contribution in [0.3, 0.4) is 0 Å². The number of nitrogens with zero attached hydrogens (tertiary/aromatic N) is 5.